The van der Waals surface area contributed by atoms with E-state index in [0.29, 0.717) is 5.92 Å². The van der Waals surface area contributed by atoms with Gasteiger partial charge in [-0.1, -0.05) is 45.2 Å². The third kappa shape index (κ3) is 2.30. The molecular formula is C22H22N2S. The molecule has 1 aromatic heterocycles. The van der Waals surface area contributed by atoms with Crippen LogP contribution in [-0.4, -0.2) is 7.05 Å². The molecule has 3 heterocycles. The number of anilines is 2. The number of likely N-dealkylation sites (N-methyl/N-ethyl adjacent to an activating group) is 1. The molecule has 1 aromatic carbocycles. The zero-order valence-corrected chi connectivity index (χ0v) is 15.7. The third-order valence-electron chi connectivity index (χ3n) is 4.90. The first-order chi connectivity index (χ1) is 12.0. The maximum Gasteiger partial charge on any atom is 0.103 e. The quantitative estimate of drug-likeness (QED) is 0.654. The highest BCUT2D eigenvalue weighted by molar-refractivity contribution is 7.14. The predicted octanol–water partition coefficient (Wildman–Crippen LogP) is 6.04. The molecule has 0 amide bonds. The molecule has 0 unspecified atom stereocenters. The van der Waals surface area contributed by atoms with Gasteiger partial charge in [0.05, 0.1) is 5.70 Å². The zero-order chi connectivity index (χ0) is 17.7. The van der Waals surface area contributed by atoms with Crippen molar-refractivity contribution in [3.63, 3.8) is 0 Å². The number of thiophene rings is 1. The Bertz CT molecular complexity index is 928. The van der Waals surface area contributed by atoms with Crippen LogP contribution in [0, 0.1) is 5.92 Å². The van der Waals surface area contributed by atoms with Crippen molar-refractivity contribution in [3.8, 4) is 0 Å². The van der Waals surface area contributed by atoms with Crippen molar-refractivity contribution in [2.24, 2.45) is 5.92 Å². The van der Waals surface area contributed by atoms with Crippen molar-refractivity contribution in [1.29, 1.82) is 0 Å². The summed E-state index contributed by atoms with van der Waals surface area (Å²) in [6.07, 6.45) is 2.30. The highest BCUT2D eigenvalue weighted by atomic mass is 32.1. The van der Waals surface area contributed by atoms with Gasteiger partial charge in [0.15, 0.2) is 0 Å². The van der Waals surface area contributed by atoms with Gasteiger partial charge in [-0.2, -0.15) is 0 Å². The number of allylic oxidation sites excluding steroid dienone is 3. The second-order valence-corrected chi connectivity index (χ2v) is 7.67. The van der Waals surface area contributed by atoms with Gasteiger partial charge >= 0.3 is 0 Å². The van der Waals surface area contributed by atoms with Crippen molar-refractivity contribution in [1.82, 2.24) is 0 Å². The van der Waals surface area contributed by atoms with Crippen LogP contribution in [0.3, 0.4) is 0 Å². The summed E-state index contributed by atoms with van der Waals surface area (Å²) < 4.78 is 0. The summed E-state index contributed by atoms with van der Waals surface area (Å²) in [5.41, 5.74) is 8.01. The lowest BCUT2D eigenvalue weighted by Gasteiger charge is -2.41. The monoisotopic (exact) mass is 346 g/mol. The second kappa shape index (κ2) is 5.78. The van der Waals surface area contributed by atoms with Gasteiger partial charge in [-0.05, 0) is 41.1 Å². The van der Waals surface area contributed by atoms with Crippen LogP contribution in [0.2, 0.25) is 0 Å². The summed E-state index contributed by atoms with van der Waals surface area (Å²) in [4.78, 5) is 4.56. The summed E-state index contributed by atoms with van der Waals surface area (Å²) in [6, 6.07) is 12.6. The predicted molar refractivity (Wildman–Crippen MR) is 110 cm³/mol. The Hall–Kier alpha value is -2.52. The first-order valence-corrected chi connectivity index (χ1v) is 9.40. The molecule has 0 bridgehead atoms. The fraction of sp³-hybridized carbons (Fsp3) is 0.182. The molecule has 0 fully saturated rings. The molecule has 0 N–H and O–H groups in total. The van der Waals surface area contributed by atoms with Crippen molar-refractivity contribution in [2.45, 2.75) is 13.8 Å². The van der Waals surface area contributed by atoms with E-state index in [4.69, 9.17) is 0 Å². The van der Waals surface area contributed by atoms with Crippen molar-refractivity contribution >= 4 is 27.6 Å². The van der Waals surface area contributed by atoms with Gasteiger partial charge in [-0.25, -0.2) is 0 Å². The van der Waals surface area contributed by atoms with Gasteiger partial charge < -0.3 is 9.80 Å². The lowest BCUT2D eigenvalue weighted by Crippen LogP contribution is -2.34. The third-order valence-corrected chi connectivity index (χ3v) is 5.89. The molecule has 2 aromatic rings. The Labute approximate surface area is 153 Å². The van der Waals surface area contributed by atoms with Gasteiger partial charge in [0.2, 0.25) is 0 Å². The Morgan fingerprint density at radius 2 is 1.76 bits per heavy atom. The average Bonchev–Trinajstić information content (AvgIpc) is 3.10. The van der Waals surface area contributed by atoms with Crippen LogP contribution in [0.15, 0.2) is 83.7 Å². The highest BCUT2D eigenvalue weighted by Crippen LogP contribution is 2.49. The van der Waals surface area contributed by atoms with E-state index in [2.05, 4.69) is 85.6 Å². The van der Waals surface area contributed by atoms with Crippen LogP contribution in [0.1, 0.15) is 19.4 Å². The molecule has 2 aliphatic rings. The number of rotatable bonds is 2. The maximum absolute atomic E-state index is 4.47. The van der Waals surface area contributed by atoms with E-state index >= 15 is 0 Å². The van der Waals surface area contributed by atoms with Crippen LogP contribution in [0.4, 0.5) is 10.7 Å². The number of fused-ring (bicyclic) bond motifs is 1. The Morgan fingerprint density at radius 1 is 1.04 bits per heavy atom. The van der Waals surface area contributed by atoms with Crippen LogP contribution < -0.4 is 9.80 Å². The summed E-state index contributed by atoms with van der Waals surface area (Å²) in [5, 5.41) is 3.39. The Balaban J connectivity index is 1.92. The van der Waals surface area contributed by atoms with E-state index in [9.17, 15) is 0 Å². The Kier molecular flexibility index (Phi) is 3.69. The lowest BCUT2D eigenvalue weighted by atomic mass is 9.88. The van der Waals surface area contributed by atoms with E-state index in [-0.39, 0.29) is 0 Å². The zero-order valence-electron chi connectivity index (χ0n) is 14.9. The molecule has 0 saturated heterocycles. The normalized spacial score (nSPS) is 17.0. The number of hydrogen-bond donors (Lipinski definition) is 0. The van der Waals surface area contributed by atoms with Crippen LogP contribution in [-0.2, 0) is 0 Å². The fourth-order valence-corrected chi connectivity index (χ4v) is 4.53. The summed E-state index contributed by atoms with van der Waals surface area (Å²) >= 11 is 1.76. The fourth-order valence-electron chi connectivity index (χ4n) is 3.63. The van der Waals surface area contributed by atoms with Gasteiger partial charge in [-0.3, -0.25) is 0 Å². The average molecular weight is 346 g/mol. The lowest BCUT2D eigenvalue weighted by molar-refractivity contribution is 0.728. The minimum Gasteiger partial charge on any atom is -0.335 e. The molecule has 0 saturated carbocycles. The van der Waals surface area contributed by atoms with E-state index < -0.39 is 0 Å². The van der Waals surface area contributed by atoms with Gasteiger partial charge in [0, 0.05) is 35.3 Å². The first kappa shape index (κ1) is 16.0. The largest absolute Gasteiger partial charge is 0.335 e. The van der Waals surface area contributed by atoms with Crippen molar-refractivity contribution in [2.75, 3.05) is 16.8 Å². The molecular weight excluding hydrogens is 324 g/mol. The molecule has 0 aliphatic carbocycles. The van der Waals surface area contributed by atoms with Crippen LogP contribution in [0.5, 0.6) is 0 Å². The standard InChI is InChI=1S/C22H22N2S/c1-14(2)19-13-20-21(15(3)18-11-12-25-22(18)23(20)5)16(4)24(19)17-9-7-6-8-10-17/h6-14H,3-4H2,1-2,5H3. The Morgan fingerprint density at radius 3 is 2.44 bits per heavy atom. The molecule has 126 valence electrons. The molecule has 3 heteroatoms. The number of para-hydroxylation sites is 1. The minimum absolute atomic E-state index is 0.386. The molecule has 0 atom stereocenters. The topological polar surface area (TPSA) is 6.48 Å². The molecule has 2 nitrogen and oxygen atoms in total. The van der Waals surface area contributed by atoms with E-state index in [1.807, 2.05) is 6.07 Å². The smallest absolute Gasteiger partial charge is 0.103 e. The van der Waals surface area contributed by atoms with E-state index in [1.165, 1.54) is 22.0 Å². The SMILES string of the molecule is C=C1C2=C(C=C(C(C)C)N(c3ccccc3)C2=C)N(C)c2sccc21. The molecule has 0 spiro atoms. The second-order valence-electron chi connectivity index (χ2n) is 6.78. The highest BCUT2D eigenvalue weighted by Gasteiger charge is 2.34. The number of hydrogen-bond acceptors (Lipinski definition) is 3. The van der Waals surface area contributed by atoms with Crippen molar-refractivity contribution in [3.05, 3.63) is 89.2 Å². The maximum atomic E-state index is 4.47. The molecule has 4 rings (SSSR count). The van der Waals surface area contributed by atoms with Gasteiger partial charge in [0.1, 0.15) is 5.00 Å². The summed E-state index contributed by atoms with van der Waals surface area (Å²) in [5.74, 6) is 0.386. The summed E-state index contributed by atoms with van der Waals surface area (Å²) in [6.45, 7) is 13.3. The van der Waals surface area contributed by atoms with Gasteiger partial charge in [-0.15, -0.1) is 11.3 Å². The minimum atomic E-state index is 0.386. The summed E-state index contributed by atoms with van der Waals surface area (Å²) in [7, 11) is 2.14. The van der Waals surface area contributed by atoms with Gasteiger partial charge in [0.25, 0.3) is 0 Å². The molecule has 25 heavy (non-hydrogen) atoms. The number of benzene rings is 1. The van der Waals surface area contributed by atoms with Crippen LogP contribution in [0.25, 0.3) is 5.57 Å². The van der Waals surface area contributed by atoms with E-state index in [0.717, 1.165) is 22.5 Å². The van der Waals surface area contributed by atoms with Crippen LogP contribution >= 0.6 is 11.3 Å². The number of nitrogens with zero attached hydrogens (tertiary/aromatic N) is 2. The first-order valence-electron chi connectivity index (χ1n) is 8.52. The molecule has 2 aliphatic heterocycles. The molecule has 0 radical (unpaired) electrons. The van der Waals surface area contributed by atoms with E-state index in [1.54, 1.807) is 11.3 Å². The van der Waals surface area contributed by atoms with Crippen molar-refractivity contribution < 1.29 is 0 Å².